The molecule has 2 rings (SSSR count). The van der Waals surface area contributed by atoms with Crippen molar-refractivity contribution >= 4 is 12.1 Å². The highest BCUT2D eigenvalue weighted by molar-refractivity contribution is 5.68. The van der Waals surface area contributed by atoms with E-state index in [0.717, 1.165) is 12.0 Å². The number of amides is 1. The van der Waals surface area contributed by atoms with Gasteiger partial charge in [0.05, 0.1) is 6.61 Å². The van der Waals surface area contributed by atoms with E-state index < -0.39 is 6.09 Å². The number of rotatable bonds is 5. The average Bonchev–Trinajstić information content (AvgIpc) is 2.53. The van der Waals surface area contributed by atoms with Crippen molar-refractivity contribution in [3.8, 4) is 0 Å². The molecule has 0 spiro atoms. The predicted octanol–water partition coefficient (Wildman–Crippen LogP) is 2.81. The van der Waals surface area contributed by atoms with Crippen LogP contribution in [0.2, 0.25) is 0 Å². The van der Waals surface area contributed by atoms with E-state index in [-0.39, 0.29) is 24.5 Å². The molecule has 2 atom stereocenters. The van der Waals surface area contributed by atoms with Crippen LogP contribution in [0.25, 0.3) is 0 Å². The number of hydrogen-bond acceptors (Lipinski definition) is 4. The van der Waals surface area contributed by atoms with Gasteiger partial charge < -0.3 is 14.8 Å². The molecule has 0 fully saturated rings. The molecule has 1 aromatic rings. The maximum atomic E-state index is 11.9. The van der Waals surface area contributed by atoms with Gasteiger partial charge in [-0.15, -0.1) is 0 Å². The monoisotopic (exact) mass is 303 g/mol. The van der Waals surface area contributed by atoms with Gasteiger partial charge in [-0.3, -0.25) is 4.79 Å². The number of allylic oxidation sites excluding steroid dienone is 1. The zero-order valence-electron chi connectivity index (χ0n) is 12.7. The van der Waals surface area contributed by atoms with Gasteiger partial charge in [-0.2, -0.15) is 0 Å². The molecule has 22 heavy (non-hydrogen) atoms. The smallest absolute Gasteiger partial charge is 0.407 e. The summed E-state index contributed by atoms with van der Waals surface area (Å²) in [5, 5.41) is 2.86. The average molecular weight is 303 g/mol. The highest BCUT2D eigenvalue weighted by Crippen LogP contribution is 2.20. The van der Waals surface area contributed by atoms with Crippen molar-refractivity contribution in [2.75, 3.05) is 6.61 Å². The number of hydrogen-bond donors (Lipinski definition) is 1. The lowest BCUT2D eigenvalue weighted by atomic mass is 9.90. The number of carbonyl (C=O) groups excluding carboxylic acids is 2. The van der Waals surface area contributed by atoms with Crippen molar-refractivity contribution in [3.05, 3.63) is 48.0 Å². The van der Waals surface area contributed by atoms with Crippen LogP contribution in [0.15, 0.2) is 42.5 Å². The van der Waals surface area contributed by atoms with Crippen molar-refractivity contribution in [1.82, 2.24) is 5.32 Å². The topological polar surface area (TPSA) is 64.6 Å². The van der Waals surface area contributed by atoms with Crippen LogP contribution in [0.3, 0.4) is 0 Å². The summed E-state index contributed by atoms with van der Waals surface area (Å²) < 4.78 is 10.3. The third-order valence-electron chi connectivity index (χ3n) is 3.58. The van der Waals surface area contributed by atoms with E-state index in [1.165, 1.54) is 6.92 Å². The van der Waals surface area contributed by atoms with E-state index in [2.05, 4.69) is 5.32 Å². The van der Waals surface area contributed by atoms with Gasteiger partial charge in [0, 0.05) is 18.9 Å². The quantitative estimate of drug-likeness (QED) is 0.671. The van der Waals surface area contributed by atoms with Gasteiger partial charge in [-0.05, 0) is 18.4 Å². The van der Waals surface area contributed by atoms with Gasteiger partial charge in [-0.1, -0.05) is 42.5 Å². The Kier molecular flexibility index (Phi) is 6.01. The van der Waals surface area contributed by atoms with Gasteiger partial charge in [0.2, 0.25) is 0 Å². The molecule has 1 aromatic carbocycles. The van der Waals surface area contributed by atoms with E-state index >= 15 is 0 Å². The second-order valence-electron chi connectivity index (χ2n) is 5.32. The molecule has 0 radical (unpaired) electrons. The van der Waals surface area contributed by atoms with E-state index in [1.807, 2.05) is 42.5 Å². The molecule has 0 bridgehead atoms. The van der Waals surface area contributed by atoms with Crippen molar-refractivity contribution < 1.29 is 19.1 Å². The fraction of sp³-hybridized carbons (Fsp3) is 0.412. The van der Waals surface area contributed by atoms with Crippen molar-refractivity contribution in [2.24, 2.45) is 5.92 Å². The summed E-state index contributed by atoms with van der Waals surface area (Å²) in [6, 6.07) is 9.44. The number of ether oxygens (including phenoxy) is 2. The Bertz CT molecular complexity index is 527. The fourth-order valence-corrected chi connectivity index (χ4v) is 2.37. The normalized spacial score (nSPS) is 20.2. The highest BCUT2D eigenvalue weighted by Gasteiger charge is 2.25. The van der Waals surface area contributed by atoms with Gasteiger partial charge in [0.1, 0.15) is 6.61 Å². The summed E-state index contributed by atoms with van der Waals surface area (Å²) in [6.07, 6.45) is 5.11. The lowest BCUT2D eigenvalue weighted by molar-refractivity contribution is -0.142. The number of nitrogens with one attached hydrogen (secondary N) is 1. The molecule has 0 aliphatic heterocycles. The SMILES string of the molecule is CC(=O)OC[C@H]1CC=CC[C@H]1NC(=O)OCc1ccccc1. The number of alkyl carbamates (subject to hydrolysis) is 1. The largest absolute Gasteiger partial charge is 0.465 e. The third-order valence-corrected chi connectivity index (χ3v) is 3.58. The van der Waals surface area contributed by atoms with E-state index in [4.69, 9.17) is 9.47 Å². The Morgan fingerprint density at radius 1 is 1.14 bits per heavy atom. The van der Waals surface area contributed by atoms with Gasteiger partial charge in [0.15, 0.2) is 0 Å². The first-order valence-electron chi connectivity index (χ1n) is 7.40. The molecule has 0 aromatic heterocycles. The van der Waals surface area contributed by atoms with Gasteiger partial charge in [0.25, 0.3) is 0 Å². The van der Waals surface area contributed by atoms with Crippen LogP contribution in [0, 0.1) is 5.92 Å². The second-order valence-corrected chi connectivity index (χ2v) is 5.32. The molecule has 5 nitrogen and oxygen atoms in total. The number of benzene rings is 1. The summed E-state index contributed by atoms with van der Waals surface area (Å²) in [5.74, 6) is -0.224. The fourth-order valence-electron chi connectivity index (χ4n) is 2.37. The summed E-state index contributed by atoms with van der Waals surface area (Å²) in [5.41, 5.74) is 0.942. The van der Waals surface area contributed by atoms with Crippen molar-refractivity contribution in [2.45, 2.75) is 32.4 Å². The van der Waals surface area contributed by atoms with Crippen LogP contribution in [-0.4, -0.2) is 24.7 Å². The summed E-state index contributed by atoms with van der Waals surface area (Å²) >= 11 is 0. The molecule has 1 amide bonds. The first kappa shape index (κ1) is 16.1. The Balaban J connectivity index is 1.80. The van der Waals surface area contributed by atoms with Crippen LogP contribution in [-0.2, 0) is 20.9 Å². The third kappa shape index (κ3) is 5.24. The molecule has 118 valence electrons. The van der Waals surface area contributed by atoms with E-state index in [1.54, 1.807) is 0 Å². The minimum atomic E-state index is -0.447. The Morgan fingerprint density at radius 2 is 1.86 bits per heavy atom. The van der Waals surface area contributed by atoms with Crippen LogP contribution in [0.4, 0.5) is 4.79 Å². The van der Waals surface area contributed by atoms with E-state index in [0.29, 0.717) is 13.0 Å². The van der Waals surface area contributed by atoms with E-state index in [9.17, 15) is 9.59 Å². The minimum absolute atomic E-state index is 0.0763. The molecular weight excluding hydrogens is 282 g/mol. The minimum Gasteiger partial charge on any atom is -0.465 e. The molecule has 0 heterocycles. The molecule has 0 unspecified atom stereocenters. The lowest BCUT2D eigenvalue weighted by Crippen LogP contribution is -2.43. The molecular formula is C17H21NO4. The second kappa shape index (κ2) is 8.22. The van der Waals surface area contributed by atoms with Gasteiger partial charge >= 0.3 is 12.1 Å². The predicted molar refractivity (Wildman–Crippen MR) is 82.0 cm³/mol. The summed E-state index contributed by atoms with van der Waals surface area (Å²) in [7, 11) is 0. The summed E-state index contributed by atoms with van der Waals surface area (Å²) in [6.45, 7) is 1.93. The molecule has 1 aliphatic carbocycles. The maximum absolute atomic E-state index is 11.9. The lowest BCUT2D eigenvalue weighted by Gasteiger charge is -2.28. The molecule has 0 saturated carbocycles. The van der Waals surface area contributed by atoms with Crippen molar-refractivity contribution in [3.63, 3.8) is 0 Å². The number of carbonyl (C=O) groups is 2. The molecule has 5 heteroatoms. The Labute approximate surface area is 130 Å². The number of esters is 1. The van der Waals surface area contributed by atoms with Crippen LogP contribution < -0.4 is 5.32 Å². The van der Waals surface area contributed by atoms with Crippen LogP contribution in [0.1, 0.15) is 25.3 Å². The first-order chi connectivity index (χ1) is 10.6. The van der Waals surface area contributed by atoms with Crippen LogP contribution >= 0.6 is 0 Å². The standard InChI is InChI=1S/C17H21NO4/c1-13(19)21-12-15-9-5-6-10-16(15)18-17(20)22-11-14-7-3-2-4-8-14/h2-8,15-16H,9-12H2,1H3,(H,18,20)/t15-,16-/m1/s1. The maximum Gasteiger partial charge on any atom is 0.407 e. The first-order valence-corrected chi connectivity index (χ1v) is 7.40. The summed E-state index contributed by atoms with van der Waals surface area (Å²) in [4.78, 5) is 22.8. The highest BCUT2D eigenvalue weighted by atomic mass is 16.5. The Hall–Kier alpha value is -2.30. The zero-order chi connectivity index (χ0) is 15.8. The molecule has 1 aliphatic rings. The van der Waals surface area contributed by atoms with Gasteiger partial charge in [-0.25, -0.2) is 4.79 Å². The van der Waals surface area contributed by atoms with Crippen LogP contribution in [0.5, 0.6) is 0 Å². The zero-order valence-corrected chi connectivity index (χ0v) is 12.7. The van der Waals surface area contributed by atoms with Crippen molar-refractivity contribution in [1.29, 1.82) is 0 Å². The Morgan fingerprint density at radius 3 is 2.59 bits per heavy atom. The molecule has 1 N–H and O–H groups in total. The molecule has 0 saturated heterocycles.